The predicted molar refractivity (Wildman–Crippen MR) is 45.8 cm³/mol. The first-order chi connectivity index (χ1) is 6.24. The zero-order valence-electron chi connectivity index (χ0n) is 7.19. The minimum atomic E-state index is -1.29. The summed E-state index contributed by atoms with van der Waals surface area (Å²) in [5, 5.41) is 8.28. The zero-order chi connectivity index (χ0) is 9.68. The van der Waals surface area contributed by atoms with E-state index in [1.165, 1.54) is 7.11 Å². The van der Waals surface area contributed by atoms with E-state index < -0.39 is 6.16 Å². The monoisotopic (exact) mass is 182 g/mol. The summed E-state index contributed by atoms with van der Waals surface area (Å²) in [6, 6.07) is 7.11. The third-order valence-electron chi connectivity index (χ3n) is 1.54. The fourth-order valence-corrected chi connectivity index (χ4v) is 0.962. The van der Waals surface area contributed by atoms with Gasteiger partial charge in [-0.25, -0.2) is 4.79 Å². The van der Waals surface area contributed by atoms with Crippen molar-refractivity contribution in [1.82, 2.24) is 0 Å². The van der Waals surface area contributed by atoms with Gasteiger partial charge in [-0.05, 0) is 6.07 Å². The number of rotatable bonds is 3. The van der Waals surface area contributed by atoms with Gasteiger partial charge >= 0.3 is 6.16 Å². The van der Waals surface area contributed by atoms with Crippen molar-refractivity contribution in [3.63, 3.8) is 0 Å². The highest BCUT2D eigenvalue weighted by Crippen LogP contribution is 2.17. The van der Waals surface area contributed by atoms with Crippen LogP contribution in [0.4, 0.5) is 4.79 Å². The maximum absolute atomic E-state index is 10.1. The number of methoxy groups -OCH3 is 1. The van der Waals surface area contributed by atoms with Crippen molar-refractivity contribution in [2.45, 2.75) is 6.61 Å². The molecule has 0 aromatic heterocycles. The number of carbonyl (C=O) groups is 1. The molecule has 0 aliphatic rings. The third-order valence-corrected chi connectivity index (χ3v) is 1.54. The second-order valence-corrected chi connectivity index (χ2v) is 2.37. The molecule has 0 radical (unpaired) electrons. The lowest BCUT2D eigenvalue weighted by Gasteiger charge is -2.06. The predicted octanol–water partition coefficient (Wildman–Crippen LogP) is 1.89. The fourth-order valence-electron chi connectivity index (χ4n) is 0.962. The molecule has 1 aromatic carbocycles. The maximum atomic E-state index is 10.1. The number of para-hydroxylation sites is 1. The third kappa shape index (κ3) is 2.66. The van der Waals surface area contributed by atoms with Gasteiger partial charge in [-0.1, -0.05) is 18.2 Å². The first-order valence-electron chi connectivity index (χ1n) is 3.71. The average molecular weight is 182 g/mol. The van der Waals surface area contributed by atoms with Crippen LogP contribution in [0.5, 0.6) is 5.75 Å². The van der Waals surface area contributed by atoms with E-state index in [2.05, 4.69) is 4.74 Å². The van der Waals surface area contributed by atoms with E-state index in [9.17, 15) is 4.79 Å². The fraction of sp³-hybridized carbons (Fsp3) is 0.222. The molecule has 0 aliphatic heterocycles. The van der Waals surface area contributed by atoms with Crippen molar-refractivity contribution in [3.8, 4) is 5.75 Å². The molecule has 4 nitrogen and oxygen atoms in total. The molecule has 13 heavy (non-hydrogen) atoms. The molecular formula is C9H10O4. The molecule has 0 heterocycles. The summed E-state index contributed by atoms with van der Waals surface area (Å²) < 4.78 is 9.41. The Bertz CT molecular complexity index is 295. The Labute approximate surface area is 75.7 Å². The second-order valence-electron chi connectivity index (χ2n) is 2.37. The van der Waals surface area contributed by atoms with Crippen molar-refractivity contribution >= 4 is 6.16 Å². The van der Waals surface area contributed by atoms with E-state index >= 15 is 0 Å². The smallest absolute Gasteiger partial charge is 0.496 e. The lowest BCUT2D eigenvalue weighted by atomic mass is 10.2. The van der Waals surface area contributed by atoms with Gasteiger partial charge in [0, 0.05) is 5.56 Å². The van der Waals surface area contributed by atoms with E-state index in [1.807, 2.05) is 6.07 Å². The SMILES string of the molecule is COc1ccccc1COC(=O)O. The van der Waals surface area contributed by atoms with E-state index in [-0.39, 0.29) is 6.61 Å². The number of hydrogen-bond donors (Lipinski definition) is 1. The summed E-state index contributed by atoms with van der Waals surface area (Å²) in [6.07, 6.45) is -1.29. The number of ether oxygens (including phenoxy) is 2. The van der Waals surface area contributed by atoms with Crippen LogP contribution in [0, 0.1) is 0 Å². The Morgan fingerprint density at radius 1 is 1.46 bits per heavy atom. The summed E-state index contributed by atoms with van der Waals surface area (Å²) in [4.78, 5) is 10.1. The van der Waals surface area contributed by atoms with Crippen molar-refractivity contribution < 1.29 is 19.4 Å². The first-order valence-corrected chi connectivity index (χ1v) is 3.71. The normalized spacial score (nSPS) is 9.31. The number of benzene rings is 1. The molecule has 0 atom stereocenters. The van der Waals surface area contributed by atoms with E-state index in [0.717, 1.165) is 0 Å². The summed E-state index contributed by atoms with van der Waals surface area (Å²) in [6.45, 7) is 0.0132. The highest BCUT2D eigenvalue weighted by Gasteiger charge is 2.03. The van der Waals surface area contributed by atoms with Crippen LogP contribution < -0.4 is 4.74 Å². The second kappa shape index (κ2) is 4.35. The zero-order valence-corrected chi connectivity index (χ0v) is 7.19. The van der Waals surface area contributed by atoms with Gasteiger partial charge in [0.1, 0.15) is 12.4 Å². The summed E-state index contributed by atoms with van der Waals surface area (Å²) >= 11 is 0. The molecular weight excluding hydrogens is 172 g/mol. The molecule has 4 heteroatoms. The standard InChI is InChI=1S/C9H10O4/c1-12-8-5-3-2-4-7(8)6-13-9(10)11/h2-5H,6H2,1H3,(H,10,11). The van der Waals surface area contributed by atoms with Gasteiger partial charge < -0.3 is 14.6 Å². The Balaban J connectivity index is 2.69. The van der Waals surface area contributed by atoms with Crippen LogP contribution in [0.3, 0.4) is 0 Å². The average Bonchev–Trinajstić information content (AvgIpc) is 2.15. The summed E-state index contributed by atoms with van der Waals surface area (Å²) in [5.41, 5.74) is 0.715. The first kappa shape index (κ1) is 9.38. The van der Waals surface area contributed by atoms with Crippen LogP contribution in [-0.4, -0.2) is 18.4 Å². The highest BCUT2D eigenvalue weighted by molar-refractivity contribution is 5.57. The molecule has 0 spiro atoms. The largest absolute Gasteiger partial charge is 0.506 e. The van der Waals surface area contributed by atoms with Crippen LogP contribution >= 0.6 is 0 Å². The Morgan fingerprint density at radius 3 is 2.77 bits per heavy atom. The molecule has 0 saturated carbocycles. The van der Waals surface area contributed by atoms with Gasteiger partial charge in [0.05, 0.1) is 7.11 Å². The van der Waals surface area contributed by atoms with Crippen LogP contribution in [0.15, 0.2) is 24.3 Å². The summed E-state index contributed by atoms with van der Waals surface area (Å²) in [7, 11) is 1.53. The molecule has 0 fully saturated rings. The summed E-state index contributed by atoms with van der Waals surface area (Å²) in [5.74, 6) is 0.628. The van der Waals surface area contributed by atoms with Gasteiger partial charge in [-0.15, -0.1) is 0 Å². The minimum Gasteiger partial charge on any atom is -0.496 e. The van der Waals surface area contributed by atoms with Crippen molar-refractivity contribution in [3.05, 3.63) is 29.8 Å². The minimum absolute atomic E-state index is 0.0132. The molecule has 1 aromatic rings. The van der Waals surface area contributed by atoms with Crippen LogP contribution in [0.25, 0.3) is 0 Å². The molecule has 0 aliphatic carbocycles. The van der Waals surface area contributed by atoms with Crippen molar-refractivity contribution in [2.24, 2.45) is 0 Å². The molecule has 0 amide bonds. The maximum Gasteiger partial charge on any atom is 0.506 e. The van der Waals surface area contributed by atoms with Gasteiger partial charge in [0.2, 0.25) is 0 Å². The lowest BCUT2D eigenvalue weighted by molar-refractivity contribution is 0.0847. The van der Waals surface area contributed by atoms with E-state index in [4.69, 9.17) is 9.84 Å². The van der Waals surface area contributed by atoms with Gasteiger partial charge in [-0.2, -0.15) is 0 Å². The van der Waals surface area contributed by atoms with Gasteiger partial charge in [-0.3, -0.25) is 0 Å². The lowest BCUT2D eigenvalue weighted by Crippen LogP contribution is -2.01. The van der Waals surface area contributed by atoms with Gasteiger partial charge in [0.15, 0.2) is 0 Å². The van der Waals surface area contributed by atoms with Crippen molar-refractivity contribution in [2.75, 3.05) is 7.11 Å². The van der Waals surface area contributed by atoms with Crippen LogP contribution in [-0.2, 0) is 11.3 Å². The molecule has 70 valence electrons. The number of hydrogen-bond acceptors (Lipinski definition) is 3. The molecule has 0 unspecified atom stereocenters. The molecule has 1 rings (SSSR count). The Morgan fingerprint density at radius 2 is 2.15 bits per heavy atom. The molecule has 0 bridgehead atoms. The van der Waals surface area contributed by atoms with Crippen LogP contribution in [0.2, 0.25) is 0 Å². The molecule has 1 N–H and O–H groups in total. The van der Waals surface area contributed by atoms with Crippen molar-refractivity contribution in [1.29, 1.82) is 0 Å². The Hall–Kier alpha value is -1.71. The quantitative estimate of drug-likeness (QED) is 0.725. The van der Waals surface area contributed by atoms with Crippen LogP contribution in [0.1, 0.15) is 5.56 Å². The molecule has 0 saturated heterocycles. The van der Waals surface area contributed by atoms with E-state index in [0.29, 0.717) is 11.3 Å². The van der Waals surface area contributed by atoms with Gasteiger partial charge in [0.25, 0.3) is 0 Å². The number of carboxylic acid groups (broad SMARTS) is 1. The van der Waals surface area contributed by atoms with E-state index in [1.54, 1.807) is 18.2 Å². The topological polar surface area (TPSA) is 55.8 Å². The highest BCUT2D eigenvalue weighted by atomic mass is 16.7. The Kier molecular flexibility index (Phi) is 3.14.